The summed E-state index contributed by atoms with van der Waals surface area (Å²) in [5.74, 6) is 0. The van der Waals surface area contributed by atoms with E-state index in [0.717, 1.165) is 0 Å². The minimum absolute atomic E-state index is 0.0730. The quantitative estimate of drug-likeness (QED) is 0.333. The van der Waals surface area contributed by atoms with Crippen LogP contribution in [0.5, 0.6) is 0 Å². The second-order valence-electron chi connectivity index (χ2n) is 5.09. The van der Waals surface area contributed by atoms with Gasteiger partial charge in [-0.25, -0.2) is 0 Å². The van der Waals surface area contributed by atoms with E-state index in [4.69, 9.17) is 25.4 Å². The van der Waals surface area contributed by atoms with Gasteiger partial charge < -0.3 is 40.1 Å². The summed E-state index contributed by atoms with van der Waals surface area (Å²) in [6, 6.07) is -0.426. The zero-order valence-electron chi connectivity index (χ0n) is 11.9. The molecule has 7 N–H and O–H groups in total. The summed E-state index contributed by atoms with van der Waals surface area (Å²) in [5.41, 5.74) is 11.1. The number of rotatable bonds is 7. The lowest BCUT2D eigenvalue weighted by Gasteiger charge is -2.42. The van der Waals surface area contributed by atoms with Gasteiger partial charge in [0, 0.05) is 13.2 Å². The molecule has 1 aliphatic rings. The molecule has 0 aromatic carbocycles. The van der Waals surface area contributed by atoms with E-state index in [1.165, 1.54) is 7.11 Å². The molecule has 1 rings (SSSR count). The van der Waals surface area contributed by atoms with Crippen molar-refractivity contribution in [2.45, 2.75) is 49.8 Å². The molecule has 0 amide bonds. The first-order chi connectivity index (χ1) is 9.32. The first-order valence-corrected chi connectivity index (χ1v) is 8.74. The maximum Gasteiger partial charge on any atom is 0.495 e. The Morgan fingerprint density at radius 1 is 1.35 bits per heavy atom. The molecule has 1 aliphatic heterocycles. The summed E-state index contributed by atoms with van der Waals surface area (Å²) in [6.45, 7) is 2.03. The summed E-state index contributed by atoms with van der Waals surface area (Å²) in [5, 5.41) is 10.0. The van der Waals surface area contributed by atoms with E-state index in [-0.39, 0.29) is 18.8 Å². The van der Waals surface area contributed by atoms with Crippen LogP contribution in [-0.4, -0.2) is 74.2 Å². The van der Waals surface area contributed by atoms with E-state index in [1.807, 2.05) is 0 Å². The maximum atomic E-state index is 10.0. The number of nitrogens with two attached hydrogens (primary N) is 2. The van der Waals surface area contributed by atoms with Crippen molar-refractivity contribution < 1.29 is 28.6 Å². The minimum atomic E-state index is -3.74. The van der Waals surface area contributed by atoms with Crippen LogP contribution in [0.1, 0.15) is 13.3 Å². The number of aliphatic hydroxyl groups is 1. The Morgan fingerprint density at radius 2 is 2.00 bits per heavy atom. The molecule has 0 spiro atoms. The van der Waals surface area contributed by atoms with Crippen LogP contribution >= 0.6 is 0 Å². The van der Waals surface area contributed by atoms with Gasteiger partial charge in [-0.2, -0.15) is 0 Å². The van der Waals surface area contributed by atoms with E-state index in [2.05, 4.69) is 0 Å². The van der Waals surface area contributed by atoms with Crippen molar-refractivity contribution in [2.75, 3.05) is 20.3 Å². The highest BCUT2D eigenvalue weighted by molar-refractivity contribution is 6.57. The number of aliphatic hydroxyl groups excluding tert-OH is 1. The highest BCUT2D eigenvalue weighted by Crippen LogP contribution is 2.23. The normalized spacial score (nSPS) is 35.2. The summed E-state index contributed by atoms with van der Waals surface area (Å²) < 4.78 is 16.0. The molecule has 1 fully saturated rings. The molecule has 1 heterocycles. The molecule has 8 nitrogen and oxygen atoms in total. The summed E-state index contributed by atoms with van der Waals surface area (Å²) in [6.07, 6.45) is -2.06. The lowest BCUT2D eigenvalue weighted by atomic mass is 9.94. The predicted octanol–water partition coefficient (Wildman–Crippen LogP) is -2.23. The third-order valence-electron chi connectivity index (χ3n) is 3.49. The molecule has 0 radical (unpaired) electrons. The molecule has 0 bridgehead atoms. The Morgan fingerprint density at radius 3 is 2.55 bits per heavy atom. The average molecular weight is 310 g/mol. The molecular formula is C11H26N2O6Si. The lowest BCUT2D eigenvalue weighted by molar-refractivity contribution is -0.193. The fourth-order valence-electron chi connectivity index (χ4n) is 2.21. The van der Waals surface area contributed by atoms with E-state index in [1.54, 1.807) is 6.92 Å². The second kappa shape index (κ2) is 7.78. The maximum absolute atomic E-state index is 10.0. The van der Waals surface area contributed by atoms with E-state index >= 15 is 0 Å². The highest BCUT2D eigenvalue weighted by atomic mass is 28.4. The molecule has 0 aromatic heterocycles. The topological polar surface area (TPSA) is 140 Å². The molecular weight excluding hydrogens is 284 g/mol. The van der Waals surface area contributed by atoms with Gasteiger partial charge in [0.05, 0.1) is 18.8 Å². The molecule has 0 aromatic rings. The van der Waals surface area contributed by atoms with Crippen LogP contribution in [0.15, 0.2) is 0 Å². The zero-order chi connectivity index (χ0) is 15.3. The summed E-state index contributed by atoms with van der Waals surface area (Å²) >= 11 is 0. The van der Waals surface area contributed by atoms with Gasteiger partial charge >= 0.3 is 8.80 Å². The third-order valence-corrected chi connectivity index (χ3v) is 5.12. The van der Waals surface area contributed by atoms with E-state index in [9.17, 15) is 14.7 Å². The van der Waals surface area contributed by atoms with Crippen LogP contribution in [0.25, 0.3) is 0 Å². The van der Waals surface area contributed by atoms with Gasteiger partial charge in [0.25, 0.3) is 0 Å². The van der Waals surface area contributed by atoms with E-state index in [0.29, 0.717) is 13.0 Å². The van der Waals surface area contributed by atoms with Crippen LogP contribution in [0, 0.1) is 0 Å². The largest absolute Gasteiger partial charge is 0.495 e. The molecule has 1 saturated heterocycles. The Bertz CT molecular complexity index is 296. The van der Waals surface area contributed by atoms with Crippen molar-refractivity contribution in [3.05, 3.63) is 0 Å². The Labute approximate surface area is 120 Å². The number of ether oxygens (including phenoxy) is 2. The van der Waals surface area contributed by atoms with Crippen molar-refractivity contribution in [3.8, 4) is 0 Å². The Balaban J connectivity index is 2.56. The average Bonchev–Trinajstić information content (AvgIpc) is 2.40. The van der Waals surface area contributed by atoms with Gasteiger partial charge in [-0.05, 0) is 19.9 Å². The molecule has 20 heavy (non-hydrogen) atoms. The molecule has 5 atom stereocenters. The molecule has 0 saturated carbocycles. The van der Waals surface area contributed by atoms with Gasteiger partial charge in [-0.15, -0.1) is 0 Å². The van der Waals surface area contributed by atoms with Gasteiger partial charge in [0.2, 0.25) is 0 Å². The van der Waals surface area contributed by atoms with Crippen LogP contribution in [-0.2, 0) is 13.9 Å². The number of methoxy groups -OCH3 is 1. The van der Waals surface area contributed by atoms with Crippen LogP contribution in [0.4, 0.5) is 0 Å². The summed E-state index contributed by atoms with van der Waals surface area (Å²) in [4.78, 5) is 19.5. The monoisotopic (exact) mass is 310 g/mol. The highest BCUT2D eigenvalue weighted by Gasteiger charge is 2.43. The number of hydrogen-bond donors (Lipinski definition) is 5. The Hall–Kier alpha value is -0.103. The third kappa shape index (κ3) is 4.72. The van der Waals surface area contributed by atoms with Gasteiger partial charge in [0.1, 0.15) is 18.3 Å². The lowest BCUT2D eigenvalue weighted by Crippen LogP contribution is -2.62. The smallest absolute Gasteiger partial charge is 0.390 e. The molecule has 0 aliphatic carbocycles. The standard InChI is InChI=1S/C11H26N2O6Si/c1-7-9(13)10(14)11(17-2)8(19-7)6-18-20(15,16)5-3-4-12/h7-11,14-16H,3-6,12-13H2,1-2H3/t7-,8?,9?,10+,11+/m0/s1. The summed E-state index contributed by atoms with van der Waals surface area (Å²) in [7, 11) is -2.31. The van der Waals surface area contributed by atoms with Crippen molar-refractivity contribution >= 4 is 8.80 Å². The van der Waals surface area contributed by atoms with Gasteiger partial charge in [-0.1, -0.05) is 0 Å². The zero-order valence-corrected chi connectivity index (χ0v) is 12.9. The molecule has 9 heteroatoms. The Kier molecular flexibility index (Phi) is 6.98. The van der Waals surface area contributed by atoms with Crippen molar-refractivity contribution in [1.29, 1.82) is 0 Å². The minimum Gasteiger partial charge on any atom is -0.390 e. The number of hydrogen-bond acceptors (Lipinski definition) is 8. The first kappa shape index (κ1) is 17.9. The van der Waals surface area contributed by atoms with Gasteiger partial charge in [0.15, 0.2) is 0 Å². The van der Waals surface area contributed by atoms with Crippen molar-refractivity contribution in [2.24, 2.45) is 11.5 Å². The van der Waals surface area contributed by atoms with Crippen LogP contribution < -0.4 is 11.5 Å². The predicted molar refractivity (Wildman–Crippen MR) is 73.7 cm³/mol. The van der Waals surface area contributed by atoms with Crippen molar-refractivity contribution in [1.82, 2.24) is 0 Å². The van der Waals surface area contributed by atoms with Crippen LogP contribution in [0.2, 0.25) is 6.04 Å². The SMILES string of the molecule is CO[C@@H]1C(CO[Si](O)(O)CCCN)O[C@@H](C)C(N)[C@H]1O. The second-order valence-corrected chi connectivity index (χ2v) is 7.37. The first-order valence-electron chi connectivity index (χ1n) is 6.73. The van der Waals surface area contributed by atoms with Crippen LogP contribution in [0.3, 0.4) is 0 Å². The molecule has 2 unspecified atom stereocenters. The molecule has 120 valence electrons. The van der Waals surface area contributed by atoms with Gasteiger partial charge in [-0.3, -0.25) is 0 Å². The fourth-order valence-corrected chi connectivity index (χ4v) is 3.45. The van der Waals surface area contributed by atoms with E-state index < -0.39 is 33.2 Å². The van der Waals surface area contributed by atoms with Crippen molar-refractivity contribution in [3.63, 3.8) is 0 Å². The fraction of sp³-hybridized carbons (Fsp3) is 1.00.